The first kappa shape index (κ1) is 25.5. The number of urea groups is 1. The third-order valence-corrected chi connectivity index (χ3v) is 8.01. The number of benzene rings is 2. The molecule has 2 aromatic heterocycles. The number of nitrogens with one attached hydrogen (secondary N) is 2. The van der Waals surface area contributed by atoms with E-state index in [0.717, 1.165) is 0 Å². The molecule has 0 unspecified atom stereocenters. The van der Waals surface area contributed by atoms with Crippen LogP contribution in [0, 0.1) is 0 Å². The van der Waals surface area contributed by atoms with Crippen LogP contribution in [-0.4, -0.2) is 58.1 Å². The van der Waals surface area contributed by atoms with Gasteiger partial charge in [0.15, 0.2) is 0 Å². The van der Waals surface area contributed by atoms with Crippen molar-refractivity contribution in [1.82, 2.24) is 15.2 Å². The molecule has 0 radical (unpaired) electrons. The van der Waals surface area contributed by atoms with Crippen molar-refractivity contribution < 1.29 is 24.2 Å². The summed E-state index contributed by atoms with van der Waals surface area (Å²) in [5.41, 5.74) is 1.61. The van der Waals surface area contributed by atoms with E-state index in [-0.39, 0.29) is 12.5 Å². The van der Waals surface area contributed by atoms with E-state index in [9.17, 15) is 19.5 Å². The van der Waals surface area contributed by atoms with Crippen LogP contribution in [0.5, 0.6) is 11.5 Å². The molecule has 2 atom stereocenters. The zero-order valence-corrected chi connectivity index (χ0v) is 22.1. The topological polar surface area (TPSA) is 124 Å². The smallest absolute Gasteiger partial charge is 0.331 e. The number of aliphatic hydroxyl groups is 1. The quantitative estimate of drug-likeness (QED) is 0.298. The lowest BCUT2D eigenvalue weighted by molar-refractivity contribution is -0.129. The Morgan fingerprint density at radius 3 is 2.60 bits per heavy atom. The highest BCUT2D eigenvalue weighted by atomic mass is 32.1. The van der Waals surface area contributed by atoms with Gasteiger partial charge in [0.25, 0.3) is 5.91 Å². The lowest BCUT2D eigenvalue weighted by Crippen LogP contribution is -2.55. The Labute approximate surface area is 233 Å². The number of pyridine rings is 1. The van der Waals surface area contributed by atoms with Gasteiger partial charge in [0.1, 0.15) is 21.2 Å². The second-order valence-electron chi connectivity index (χ2n) is 9.42. The van der Waals surface area contributed by atoms with Gasteiger partial charge < -0.3 is 25.4 Å². The van der Waals surface area contributed by atoms with Crippen LogP contribution in [0.4, 0.5) is 21.9 Å². The Kier molecular flexibility index (Phi) is 6.66. The molecule has 2 aliphatic heterocycles. The number of piperidine rings is 1. The molecule has 4 heterocycles. The van der Waals surface area contributed by atoms with Crippen molar-refractivity contribution in [3.63, 3.8) is 0 Å². The number of para-hydroxylation sites is 1. The minimum absolute atomic E-state index is 0.0989. The standard InChI is InChI=1S/C29H25N5O5S/c1-2-23(36)33-15-13-20(22(35)16-33)31-27(37)26-25-24-21(12-14-30-28(24)40-26)34(29(38)32-25)17-8-10-19(11-9-17)39-18-6-4-3-5-7-18/h2-12,14,20,22,35H,1,13,15-16H2,(H,31,37)(H,32,38)/t20-,22-/m1/s1. The van der Waals surface area contributed by atoms with Gasteiger partial charge in [-0.25, -0.2) is 9.78 Å². The first-order valence-corrected chi connectivity index (χ1v) is 13.5. The minimum Gasteiger partial charge on any atom is -0.457 e. The lowest BCUT2D eigenvalue weighted by atomic mass is 10.0. The number of carbonyl (C=O) groups is 3. The Hall–Kier alpha value is -4.74. The number of aromatic nitrogens is 1. The SMILES string of the molecule is C=CC(=O)N1CC[C@@H](NC(=O)c2sc3nccc4c3c2NC(=O)N4c2ccc(Oc3ccccc3)cc2)[C@H](O)C1. The van der Waals surface area contributed by atoms with E-state index in [1.807, 2.05) is 30.3 Å². The van der Waals surface area contributed by atoms with Gasteiger partial charge in [0, 0.05) is 19.3 Å². The number of hydrogen-bond donors (Lipinski definition) is 3. The first-order valence-electron chi connectivity index (χ1n) is 12.7. The Balaban J connectivity index is 1.25. The van der Waals surface area contributed by atoms with E-state index in [4.69, 9.17) is 4.74 Å². The molecule has 1 fully saturated rings. The average molecular weight is 556 g/mol. The van der Waals surface area contributed by atoms with Crippen LogP contribution < -0.4 is 20.3 Å². The number of carbonyl (C=O) groups excluding carboxylic acids is 3. The van der Waals surface area contributed by atoms with Gasteiger partial charge >= 0.3 is 6.03 Å². The number of nitrogens with zero attached hydrogens (tertiary/aromatic N) is 3. The summed E-state index contributed by atoms with van der Waals surface area (Å²) in [7, 11) is 0. The maximum Gasteiger partial charge on any atom is 0.331 e. The van der Waals surface area contributed by atoms with Crippen molar-refractivity contribution in [3.8, 4) is 11.5 Å². The number of anilines is 3. The third kappa shape index (κ3) is 4.65. The second-order valence-corrected chi connectivity index (χ2v) is 10.4. The maximum absolute atomic E-state index is 13.4. The van der Waals surface area contributed by atoms with Crippen LogP contribution in [0.25, 0.3) is 10.2 Å². The number of rotatable bonds is 6. The summed E-state index contributed by atoms with van der Waals surface area (Å²) in [6, 6.07) is 17.3. The van der Waals surface area contributed by atoms with Gasteiger partial charge in [-0.05, 0) is 55.0 Å². The fraction of sp³-hybridized carbons (Fsp3) is 0.172. The molecule has 2 aliphatic rings. The molecule has 2 aromatic carbocycles. The molecule has 0 bridgehead atoms. The molecule has 3 N–H and O–H groups in total. The van der Waals surface area contributed by atoms with E-state index in [0.29, 0.717) is 56.6 Å². The van der Waals surface area contributed by atoms with E-state index < -0.39 is 24.1 Å². The number of likely N-dealkylation sites (tertiary alicyclic amines) is 1. The molecule has 0 spiro atoms. The maximum atomic E-state index is 13.4. The molecule has 202 valence electrons. The zero-order chi connectivity index (χ0) is 27.8. The summed E-state index contributed by atoms with van der Waals surface area (Å²) < 4.78 is 5.87. The molecular weight excluding hydrogens is 530 g/mol. The Morgan fingerprint density at radius 1 is 1.12 bits per heavy atom. The Morgan fingerprint density at radius 2 is 1.88 bits per heavy atom. The fourth-order valence-electron chi connectivity index (χ4n) is 4.95. The van der Waals surface area contributed by atoms with E-state index in [2.05, 4.69) is 22.2 Å². The van der Waals surface area contributed by atoms with Crippen LogP contribution in [0.2, 0.25) is 0 Å². The van der Waals surface area contributed by atoms with Gasteiger partial charge in [0.05, 0.1) is 34.6 Å². The fourth-order valence-corrected chi connectivity index (χ4v) is 5.97. The van der Waals surface area contributed by atoms with Crippen molar-refractivity contribution in [2.24, 2.45) is 0 Å². The predicted molar refractivity (Wildman–Crippen MR) is 152 cm³/mol. The van der Waals surface area contributed by atoms with Crippen LogP contribution in [0.3, 0.4) is 0 Å². The zero-order valence-electron chi connectivity index (χ0n) is 21.2. The van der Waals surface area contributed by atoms with Crippen molar-refractivity contribution in [2.45, 2.75) is 18.6 Å². The van der Waals surface area contributed by atoms with Gasteiger partial charge in [0.2, 0.25) is 5.91 Å². The highest BCUT2D eigenvalue weighted by molar-refractivity contribution is 7.21. The van der Waals surface area contributed by atoms with E-state index in [1.165, 1.54) is 27.2 Å². The van der Waals surface area contributed by atoms with Crippen LogP contribution in [0.1, 0.15) is 16.1 Å². The molecule has 4 amide bonds. The van der Waals surface area contributed by atoms with Gasteiger partial charge in [-0.15, -0.1) is 11.3 Å². The number of hydrogen-bond acceptors (Lipinski definition) is 7. The summed E-state index contributed by atoms with van der Waals surface area (Å²) in [4.78, 5) is 47.0. The third-order valence-electron chi connectivity index (χ3n) is 6.91. The molecule has 0 saturated carbocycles. The molecular formula is C29H25N5O5S. The number of aliphatic hydroxyl groups excluding tert-OH is 1. The molecule has 10 nitrogen and oxygen atoms in total. The van der Waals surface area contributed by atoms with Gasteiger partial charge in [-0.3, -0.25) is 14.5 Å². The highest BCUT2D eigenvalue weighted by Crippen LogP contribution is 2.46. The summed E-state index contributed by atoms with van der Waals surface area (Å²) in [6.45, 7) is 3.97. The largest absolute Gasteiger partial charge is 0.457 e. The molecule has 40 heavy (non-hydrogen) atoms. The van der Waals surface area contributed by atoms with Crippen LogP contribution >= 0.6 is 11.3 Å². The van der Waals surface area contributed by atoms with E-state index in [1.54, 1.807) is 36.5 Å². The molecule has 1 saturated heterocycles. The van der Waals surface area contributed by atoms with E-state index >= 15 is 0 Å². The van der Waals surface area contributed by atoms with Gasteiger partial charge in [-0.2, -0.15) is 0 Å². The second kappa shape index (κ2) is 10.4. The summed E-state index contributed by atoms with van der Waals surface area (Å²) in [5.74, 6) is 0.651. The monoisotopic (exact) mass is 555 g/mol. The predicted octanol–water partition coefficient (Wildman–Crippen LogP) is 4.65. The van der Waals surface area contributed by atoms with Gasteiger partial charge in [-0.1, -0.05) is 24.8 Å². The molecule has 11 heteroatoms. The summed E-state index contributed by atoms with van der Waals surface area (Å²) in [5, 5.41) is 17.0. The number of amides is 4. The minimum atomic E-state index is -0.931. The lowest BCUT2D eigenvalue weighted by Gasteiger charge is -2.35. The first-order chi connectivity index (χ1) is 19.4. The van der Waals surface area contributed by atoms with Crippen molar-refractivity contribution in [2.75, 3.05) is 23.3 Å². The number of ether oxygens (including phenoxy) is 1. The van der Waals surface area contributed by atoms with Crippen LogP contribution in [-0.2, 0) is 4.79 Å². The average Bonchev–Trinajstić information content (AvgIpc) is 3.34. The molecule has 4 aromatic rings. The highest BCUT2D eigenvalue weighted by Gasteiger charge is 2.35. The van der Waals surface area contributed by atoms with Crippen molar-refractivity contribution in [1.29, 1.82) is 0 Å². The summed E-state index contributed by atoms with van der Waals surface area (Å²) in [6.07, 6.45) is 2.27. The van der Waals surface area contributed by atoms with Crippen LogP contribution in [0.15, 0.2) is 79.5 Å². The summed E-state index contributed by atoms with van der Waals surface area (Å²) >= 11 is 1.17. The number of β-amino-alcohol motifs (C(OH)–C–C–N with tert-alkyl or cyclic N) is 1. The molecule has 0 aliphatic carbocycles. The van der Waals surface area contributed by atoms with Crippen molar-refractivity contribution in [3.05, 3.63) is 84.4 Å². The number of thiophene rings is 1. The molecule has 6 rings (SSSR count). The van der Waals surface area contributed by atoms with Crippen molar-refractivity contribution >= 4 is 56.5 Å². The Bertz CT molecular complexity index is 1620. The normalized spacial score (nSPS) is 18.3.